The molecule has 7 nitrogen and oxygen atoms in total. The number of H-pyrrole nitrogens is 1. The number of hydrogen-bond acceptors (Lipinski definition) is 5. The molecule has 3 aromatic rings. The molecule has 7 heteroatoms. The lowest BCUT2D eigenvalue weighted by atomic mass is 10.0. The summed E-state index contributed by atoms with van der Waals surface area (Å²) in [5.74, 6) is 1.81. The molecule has 2 aromatic heterocycles. The van der Waals surface area contributed by atoms with E-state index in [-0.39, 0.29) is 5.91 Å². The molecule has 0 unspecified atom stereocenters. The van der Waals surface area contributed by atoms with Crippen LogP contribution in [0.4, 0.5) is 11.6 Å². The highest BCUT2D eigenvalue weighted by molar-refractivity contribution is 6.06. The zero-order chi connectivity index (χ0) is 18.8. The summed E-state index contributed by atoms with van der Waals surface area (Å²) in [6.45, 7) is 1.48. The first-order valence-electron chi connectivity index (χ1n) is 9.23. The van der Waals surface area contributed by atoms with Crippen LogP contribution >= 0.6 is 0 Å². The summed E-state index contributed by atoms with van der Waals surface area (Å²) in [5, 5.41) is 4.47. The fourth-order valence-electron chi connectivity index (χ4n) is 3.55. The Morgan fingerprint density at radius 1 is 1.22 bits per heavy atom. The van der Waals surface area contributed by atoms with Crippen molar-refractivity contribution in [3.05, 3.63) is 48.4 Å². The van der Waals surface area contributed by atoms with E-state index < -0.39 is 0 Å². The molecule has 0 atom stereocenters. The summed E-state index contributed by atoms with van der Waals surface area (Å²) in [6.07, 6.45) is 5.25. The summed E-state index contributed by atoms with van der Waals surface area (Å²) in [7, 11) is 3.92. The number of nitrogens with one attached hydrogen (secondary N) is 2. The third-order valence-corrected chi connectivity index (χ3v) is 5.07. The quantitative estimate of drug-likeness (QED) is 0.744. The summed E-state index contributed by atoms with van der Waals surface area (Å²) in [6, 6.07) is 10.1. The number of carbonyl (C=O) groups excluding carboxylic acids is 1. The van der Waals surface area contributed by atoms with E-state index in [4.69, 9.17) is 0 Å². The van der Waals surface area contributed by atoms with Crippen LogP contribution in [0.15, 0.2) is 42.9 Å². The molecule has 1 aromatic carbocycles. The largest absolute Gasteiger partial charge is 0.367 e. The molecule has 1 aliphatic heterocycles. The maximum Gasteiger partial charge on any atom is 0.254 e. The van der Waals surface area contributed by atoms with Gasteiger partial charge in [-0.15, -0.1) is 0 Å². The Kier molecular flexibility index (Phi) is 4.66. The van der Waals surface area contributed by atoms with Crippen molar-refractivity contribution in [3.8, 4) is 0 Å². The fraction of sp³-hybridized carbons (Fsp3) is 0.350. The number of likely N-dealkylation sites (tertiary alicyclic amines) is 1. The van der Waals surface area contributed by atoms with Gasteiger partial charge in [-0.1, -0.05) is 6.07 Å². The van der Waals surface area contributed by atoms with Gasteiger partial charge in [-0.3, -0.25) is 4.79 Å². The van der Waals surface area contributed by atoms with E-state index in [0.29, 0.717) is 6.04 Å². The molecule has 1 saturated heterocycles. The SMILES string of the molecule is CN(C)c1cc(NC2CCN(C(=O)c3cccc4[nH]ccc34)CC2)ncn1. The highest BCUT2D eigenvalue weighted by atomic mass is 16.2. The zero-order valence-electron chi connectivity index (χ0n) is 15.6. The number of aromatic nitrogens is 3. The Balaban J connectivity index is 1.39. The van der Waals surface area contributed by atoms with Gasteiger partial charge in [0.2, 0.25) is 0 Å². The van der Waals surface area contributed by atoms with Gasteiger partial charge in [0.15, 0.2) is 0 Å². The molecule has 1 aliphatic rings. The van der Waals surface area contributed by atoms with Crippen LogP contribution in [0.1, 0.15) is 23.2 Å². The predicted octanol–water partition coefficient (Wildman–Crippen LogP) is 2.74. The van der Waals surface area contributed by atoms with E-state index in [9.17, 15) is 4.79 Å². The summed E-state index contributed by atoms with van der Waals surface area (Å²) in [4.78, 5) is 28.6. The molecular formula is C20H24N6O. The van der Waals surface area contributed by atoms with Gasteiger partial charge in [-0.05, 0) is 31.0 Å². The average Bonchev–Trinajstić information content (AvgIpc) is 3.17. The van der Waals surface area contributed by atoms with Gasteiger partial charge in [-0.25, -0.2) is 9.97 Å². The van der Waals surface area contributed by atoms with Crippen LogP contribution in [0, 0.1) is 0 Å². The molecule has 0 radical (unpaired) electrons. The second kappa shape index (κ2) is 7.26. The third kappa shape index (κ3) is 3.58. The summed E-state index contributed by atoms with van der Waals surface area (Å²) in [5.41, 5.74) is 1.77. The highest BCUT2D eigenvalue weighted by Gasteiger charge is 2.25. The second-order valence-corrected chi connectivity index (χ2v) is 7.11. The third-order valence-electron chi connectivity index (χ3n) is 5.07. The molecule has 3 heterocycles. The van der Waals surface area contributed by atoms with Crippen molar-refractivity contribution in [2.24, 2.45) is 0 Å². The predicted molar refractivity (Wildman–Crippen MR) is 107 cm³/mol. The van der Waals surface area contributed by atoms with Crippen LogP contribution in [0.2, 0.25) is 0 Å². The topological polar surface area (TPSA) is 77.1 Å². The van der Waals surface area contributed by atoms with E-state index in [0.717, 1.165) is 54.0 Å². The lowest BCUT2D eigenvalue weighted by Crippen LogP contribution is -2.42. The molecule has 4 rings (SSSR count). The van der Waals surface area contributed by atoms with Crippen molar-refractivity contribution < 1.29 is 4.79 Å². The highest BCUT2D eigenvalue weighted by Crippen LogP contribution is 2.22. The minimum atomic E-state index is 0.107. The van der Waals surface area contributed by atoms with Gasteiger partial charge in [0.1, 0.15) is 18.0 Å². The number of piperidine rings is 1. The van der Waals surface area contributed by atoms with Crippen molar-refractivity contribution in [2.45, 2.75) is 18.9 Å². The van der Waals surface area contributed by atoms with Crippen molar-refractivity contribution in [1.29, 1.82) is 0 Å². The molecule has 1 amide bonds. The van der Waals surface area contributed by atoms with Crippen molar-refractivity contribution in [1.82, 2.24) is 19.9 Å². The Morgan fingerprint density at radius 2 is 2.04 bits per heavy atom. The van der Waals surface area contributed by atoms with E-state index >= 15 is 0 Å². The lowest BCUT2D eigenvalue weighted by molar-refractivity contribution is 0.0720. The van der Waals surface area contributed by atoms with Crippen LogP contribution in [-0.4, -0.2) is 59.0 Å². The van der Waals surface area contributed by atoms with Crippen molar-refractivity contribution in [2.75, 3.05) is 37.4 Å². The van der Waals surface area contributed by atoms with E-state index in [1.807, 2.05) is 60.4 Å². The zero-order valence-corrected chi connectivity index (χ0v) is 15.6. The first-order chi connectivity index (χ1) is 13.1. The van der Waals surface area contributed by atoms with Gasteiger partial charge in [0, 0.05) is 62.0 Å². The molecule has 0 spiro atoms. The number of nitrogens with zero attached hydrogens (tertiary/aromatic N) is 4. The number of carbonyl (C=O) groups is 1. The fourth-order valence-corrected chi connectivity index (χ4v) is 3.55. The summed E-state index contributed by atoms with van der Waals surface area (Å²) >= 11 is 0. The molecule has 1 fully saturated rings. The average molecular weight is 364 g/mol. The minimum Gasteiger partial charge on any atom is -0.367 e. The Hall–Kier alpha value is -3.09. The molecule has 27 heavy (non-hydrogen) atoms. The normalized spacial score (nSPS) is 15.1. The minimum absolute atomic E-state index is 0.107. The van der Waals surface area contributed by atoms with Gasteiger partial charge in [-0.2, -0.15) is 0 Å². The number of fused-ring (bicyclic) bond motifs is 1. The number of amides is 1. The standard InChI is InChI=1S/C20H24N6O/c1-25(2)19-12-18(22-13-23-19)24-14-7-10-26(11-8-14)20(27)16-4-3-5-17-15(16)6-9-21-17/h3-6,9,12-14,21H,7-8,10-11H2,1-2H3,(H,22,23,24). The second-order valence-electron chi connectivity index (χ2n) is 7.11. The van der Waals surface area contributed by atoms with Crippen LogP contribution in [-0.2, 0) is 0 Å². The van der Waals surface area contributed by atoms with Gasteiger partial charge < -0.3 is 20.1 Å². The van der Waals surface area contributed by atoms with E-state index in [1.165, 1.54) is 0 Å². The molecule has 140 valence electrons. The van der Waals surface area contributed by atoms with Crippen LogP contribution in [0.5, 0.6) is 0 Å². The Morgan fingerprint density at radius 3 is 2.81 bits per heavy atom. The maximum atomic E-state index is 13.0. The summed E-state index contributed by atoms with van der Waals surface area (Å²) < 4.78 is 0. The van der Waals surface area contributed by atoms with Gasteiger partial charge >= 0.3 is 0 Å². The lowest BCUT2D eigenvalue weighted by Gasteiger charge is -2.33. The smallest absolute Gasteiger partial charge is 0.254 e. The molecule has 0 aliphatic carbocycles. The van der Waals surface area contributed by atoms with Gasteiger partial charge in [0.25, 0.3) is 5.91 Å². The Bertz CT molecular complexity index is 942. The van der Waals surface area contributed by atoms with Crippen molar-refractivity contribution in [3.63, 3.8) is 0 Å². The molecular weight excluding hydrogens is 340 g/mol. The number of anilines is 2. The first-order valence-corrected chi connectivity index (χ1v) is 9.23. The first kappa shape index (κ1) is 17.3. The van der Waals surface area contributed by atoms with Crippen molar-refractivity contribution >= 4 is 28.4 Å². The molecule has 2 N–H and O–H groups in total. The maximum absolute atomic E-state index is 13.0. The van der Waals surface area contributed by atoms with Crippen LogP contribution in [0.25, 0.3) is 10.9 Å². The molecule has 0 saturated carbocycles. The molecule has 0 bridgehead atoms. The number of benzene rings is 1. The van der Waals surface area contributed by atoms with Crippen LogP contribution in [0.3, 0.4) is 0 Å². The number of aromatic amines is 1. The van der Waals surface area contributed by atoms with Crippen LogP contribution < -0.4 is 10.2 Å². The Labute approximate surface area is 158 Å². The number of hydrogen-bond donors (Lipinski definition) is 2. The van der Waals surface area contributed by atoms with Gasteiger partial charge in [0.05, 0.1) is 0 Å². The van der Waals surface area contributed by atoms with E-state index in [1.54, 1.807) is 6.33 Å². The monoisotopic (exact) mass is 364 g/mol. The van der Waals surface area contributed by atoms with E-state index in [2.05, 4.69) is 20.3 Å². The number of rotatable bonds is 4.